The first-order valence-electron chi connectivity index (χ1n) is 6.55. The van der Waals surface area contributed by atoms with Crippen molar-refractivity contribution in [2.24, 2.45) is 0 Å². The van der Waals surface area contributed by atoms with Crippen LogP contribution in [0.3, 0.4) is 0 Å². The molecule has 0 radical (unpaired) electrons. The molecule has 1 aromatic heterocycles. The molecule has 0 saturated carbocycles. The molecule has 3 aromatic rings. The zero-order valence-electron chi connectivity index (χ0n) is 11.5. The summed E-state index contributed by atoms with van der Waals surface area (Å²) in [5, 5.41) is 4.01. The quantitative estimate of drug-likeness (QED) is 0.538. The van der Waals surface area contributed by atoms with Crippen LogP contribution in [0, 0.1) is 0 Å². The van der Waals surface area contributed by atoms with E-state index < -0.39 is 0 Å². The van der Waals surface area contributed by atoms with E-state index in [0.29, 0.717) is 12.2 Å². The fourth-order valence-electron chi connectivity index (χ4n) is 2.12. The zero-order chi connectivity index (χ0) is 14.7. The summed E-state index contributed by atoms with van der Waals surface area (Å²) in [6.07, 6.45) is 0.299. The molecule has 0 amide bonds. The van der Waals surface area contributed by atoms with Crippen molar-refractivity contribution in [2.75, 3.05) is 7.11 Å². The van der Waals surface area contributed by atoms with Crippen molar-refractivity contribution in [3.63, 3.8) is 0 Å². The van der Waals surface area contributed by atoms with E-state index in [1.165, 1.54) is 0 Å². The molecule has 0 aliphatic carbocycles. The van der Waals surface area contributed by atoms with E-state index in [4.69, 9.17) is 9.47 Å². The third kappa shape index (κ3) is 3.23. The van der Waals surface area contributed by atoms with E-state index >= 15 is 0 Å². The lowest BCUT2D eigenvalue weighted by Gasteiger charge is -2.06. The molecule has 2 aromatic carbocycles. The molecule has 0 aliphatic rings. The minimum absolute atomic E-state index is 0.250. The lowest BCUT2D eigenvalue weighted by molar-refractivity contribution is -0.133. The van der Waals surface area contributed by atoms with Gasteiger partial charge in [-0.15, -0.1) is 11.3 Å². The number of methoxy groups -OCH3 is 1. The largest absolute Gasteiger partial charge is 0.497 e. The van der Waals surface area contributed by atoms with Crippen molar-refractivity contribution in [1.82, 2.24) is 0 Å². The van der Waals surface area contributed by atoms with Crippen molar-refractivity contribution >= 4 is 28.1 Å². The number of hydrogen-bond acceptors (Lipinski definition) is 4. The van der Waals surface area contributed by atoms with Gasteiger partial charge in [-0.05, 0) is 46.5 Å². The molecule has 0 aliphatic heterocycles. The molecule has 3 rings (SSSR count). The maximum Gasteiger partial charge on any atom is 0.316 e. The van der Waals surface area contributed by atoms with Crippen LogP contribution in [0.2, 0.25) is 0 Å². The summed E-state index contributed by atoms with van der Waals surface area (Å²) in [6.45, 7) is 0. The topological polar surface area (TPSA) is 35.5 Å². The third-order valence-corrected chi connectivity index (χ3v) is 4.03. The van der Waals surface area contributed by atoms with Gasteiger partial charge in [-0.2, -0.15) is 0 Å². The second kappa shape index (κ2) is 5.97. The number of esters is 1. The highest BCUT2D eigenvalue weighted by Crippen LogP contribution is 2.25. The van der Waals surface area contributed by atoms with Crippen molar-refractivity contribution in [3.8, 4) is 11.5 Å². The molecule has 21 heavy (non-hydrogen) atoms. The minimum Gasteiger partial charge on any atom is -0.497 e. The highest BCUT2D eigenvalue weighted by Gasteiger charge is 2.08. The highest BCUT2D eigenvalue weighted by atomic mass is 32.1. The van der Waals surface area contributed by atoms with Gasteiger partial charge in [0.15, 0.2) is 0 Å². The molecule has 0 fully saturated rings. The Morgan fingerprint density at radius 2 is 1.81 bits per heavy atom. The average Bonchev–Trinajstić information content (AvgIpc) is 2.99. The van der Waals surface area contributed by atoms with Crippen LogP contribution in [0.25, 0.3) is 10.8 Å². The van der Waals surface area contributed by atoms with Crippen LogP contribution in [0.1, 0.15) is 4.88 Å². The van der Waals surface area contributed by atoms with Gasteiger partial charge in [0.1, 0.15) is 11.5 Å². The number of carbonyl (C=O) groups excluding carboxylic acids is 1. The van der Waals surface area contributed by atoms with Gasteiger partial charge in [0.05, 0.1) is 13.5 Å². The molecular weight excluding hydrogens is 284 g/mol. The van der Waals surface area contributed by atoms with Crippen LogP contribution in [0.5, 0.6) is 11.5 Å². The van der Waals surface area contributed by atoms with E-state index in [2.05, 4.69) is 0 Å². The van der Waals surface area contributed by atoms with Crippen LogP contribution < -0.4 is 9.47 Å². The smallest absolute Gasteiger partial charge is 0.316 e. The Labute approximate surface area is 126 Å². The second-order valence-electron chi connectivity index (χ2n) is 4.61. The lowest BCUT2D eigenvalue weighted by atomic mass is 10.1. The Balaban J connectivity index is 1.78. The van der Waals surface area contributed by atoms with Gasteiger partial charge < -0.3 is 9.47 Å². The number of carbonyl (C=O) groups is 1. The number of ether oxygens (including phenoxy) is 2. The Hall–Kier alpha value is -2.33. The average molecular weight is 298 g/mol. The van der Waals surface area contributed by atoms with Gasteiger partial charge in [-0.3, -0.25) is 4.79 Å². The summed E-state index contributed by atoms with van der Waals surface area (Å²) in [7, 11) is 1.63. The zero-order valence-corrected chi connectivity index (χ0v) is 12.4. The SMILES string of the molecule is COc1ccc2ccc(OC(=O)Cc3cccs3)cc2c1. The van der Waals surface area contributed by atoms with Gasteiger partial charge in [0, 0.05) is 4.88 Å². The Bertz CT molecular complexity index is 763. The number of rotatable bonds is 4. The predicted octanol–water partition coefficient (Wildman–Crippen LogP) is 4.06. The van der Waals surface area contributed by atoms with E-state index in [1.54, 1.807) is 24.5 Å². The Morgan fingerprint density at radius 3 is 2.52 bits per heavy atom. The molecule has 1 heterocycles. The Morgan fingerprint density at radius 1 is 1.05 bits per heavy atom. The first-order chi connectivity index (χ1) is 10.2. The van der Waals surface area contributed by atoms with Crippen LogP contribution in [-0.2, 0) is 11.2 Å². The van der Waals surface area contributed by atoms with E-state index in [0.717, 1.165) is 21.4 Å². The van der Waals surface area contributed by atoms with Gasteiger partial charge in [0.2, 0.25) is 0 Å². The molecule has 0 saturated heterocycles. The molecule has 0 bridgehead atoms. The molecule has 106 valence electrons. The lowest BCUT2D eigenvalue weighted by Crippen LogP contribution is -2.10. The molecular formula is C17H14O3S. The first-order valence-corrected chi connectivity index (χ1v) is 7.43. The van der Waals surface area contributed by atoms with Gasteiger partial charge in [-0.1, -0.05) is 18.2 Å². The van der Waals surface area contributed by atoms with E-state index in [1.807, 2.05) is 47.8 Å². The summed E-state index contributed by atoms with van der Waals surface area (Å²) < 4.78 is 10.6. The van der Waals surface area contributed by atoms with Crippen LogP contribution in [0.15, 0.2) is 53.9 Å². The van der Waals surface area contributed by atoms with Crippen molar-refractivity contribution in [2.45, 2.75) is 6.42 Å². The minimum atomic E-state index is -0.250. The summed E-state index contributed by atoms with van der Waals surface area (Å²) in [5.41, 5.74) is 0. The van der Waals surface area contributed by atoms with Crippen LogP contribution >= 0.6 is 11.3 Å². The monoisotopic (exact) mass is 298 g/mol. The number of benzene rings is 2. The van der Waals surface area contributed by atoms with Crippen molar-refractivity contribution < 1.29 is 14.3 Å². The number of hydrogen-bond donors (Lipinski definition) is 0. The fraction of sp³-hybridized carbons (Fsp3) is 0.118. The maximum absolute atomic E-state index is 11.9. The van der Waals surface area contributed by atoms with Gasteiger partial charge in [0.25, 0.3) is 0 Å². The summed E-state index contributed by atoms with van der Waals surface area (Å²) in [4.78, 5) is 12.9. The van der Waals surface area contributed by atoms with Crippen molar-refractivity contribution in [1.29, 1.82) is 0 Å². The normalized spacial score (nSPS) is 10.5. The third-order valence-electron chi connectivity index (χ3n) is 3.15. The first kappa shape index (κ1) is 13.6. The Kier molecular flexibility index (Phi) is 3.88. The highest BCUT2D eigenvalue weighted by molar-refractivity contribution is 7.10. The summed E-state index contributed by atoms with van der Waals surface area (Å²) >= 11 is 1.55. The standard InChI is InChI=1S/C17H14O3S/c1-19-14-6-4-12-5-7-15(10-13(12)9-14)20-17(18)11-16-3-2-8-21-16/h2-10H,11H2,1H3. The van der Waals surface area contributed by atoms with Gasteiger partial charge in [-0.25, -0.2) is 0 Å². The molecule has 3 nitrogen and oxygen atoms in total. The molecule has 0 unspecified atom stereocenters. The number of thiophene rings is 1. The maximum atomic E-state index is 11.9. The molecule has 4 heteroatoms. The molecule has 0 atom stereocenters. The van der Waals surface area contributed by atoms with Crippen LogP contribution in [-0.4, -0.2) is 13.1 Å². The number of fused-ring (bicyclic) bond motifs is 1. The van der Waals surface area contributed by atoms with Crippen LogP contribution in [0.4, 0.5) is 0 Å². The fourth-order valence-corrected chi connectivity index (χ4v) is 2.81. The summed E-state index contributed by atoms with van der Waals surface area (Å²) in [6, 6.07) is 15.3. The van der Waals surface area contributed by atoms with Crippen molar-refractivity contribution in [3.05, 3.63) is 58.8 Å². The van der Waals surface area contributed by atoms with E-state index in [-0.39, 0.29) is 5.97 Å². The predicted molar refractivity (Wildman–Crippen MR) is 84.2 cm³/mol. The summed E-state index contributed by atoms with van der Waals surface area (Å²) in [5.74, 6) is 1.08. The molecule has 0 N–H and O–H groups in total. The van der Waals surface area contributed by atoms with Gasteiger partial charge >= 0.3 is 5.97 Å². The van der Waals surface area contributed by atoms with E-state index in [9.17, 15) is 4.79 Å². The molecule has 0 spiro atoms. The second-order valence-corrected chi connectivity index (χ2v) is 5.64.